The predicted molar refractivity (Wildman–Crippen MR) is 76.3 cm³/mol. The molecule has 0 fully saturated rings. The lowest BCUT2D eigenvalue weighted by Crippen LogP contribution is -2.40. The highest BCUT2D eigenvalue weighted by Gasteiger charge is 2.27. The van der Waals surface area contributed by atoms with E-state index >= 15 is 0 Å². The number of anilines is 1. The summed E-state index contributed by atoms with van der Waals surface area (Å²) in [6, 6.07) is 6.52. The van der Waals surface area contributed by atoms with Crippen LogP contribution in [0.15, 0.2) is 24.3 Å². The Morgan fingerprint density at radius 2 is 2.00 bits per heavy atom. The molecule has 0 aromatic heterocycles. The van der Waals surface area contributed by atoms with Crippen LogP contribution in [0, 0.1) is 0 Å². The molecule has 0 atom stereocenters. The van der Waals surface area contributed by atoms with E-state index in [0.717, 1.165) is 11.4 Å². The molecule has 0 saturated heterocycles. The third-order valence-corrected chi connectivity index (χ3v) is 4.21. The van der Waals surface area contributed by atoms with Crippen LogP contribution in [0.2, 0.25) is 0 Å². The van der Waals surface area contributed by atoms with Gasteiger partial charge in [0.25, 0.3) is 0 Å². The van der Waals surface area contributed by atoms with Crippen molar-refractivity contribution in [2.75, 3.05) is 25.1 Å². The van der Waals surface area contributed by atoms with E-state index in [2.05, 4.69) is 4.74 Å². The molecule has 1 rings (SSSR count). The zero-order valence-electron chi connectivity index (χ0n) is 11.5. The van der Waals surface area contributed by atoms with E-state index in [1.165, 1.54) is 0 Å². The van der Waals surface area contributed by atoms with Crippen molar-refractivity contribution in [3.05, 3.63) is 29.8 Å². The Labute approximate surface area is 122 Å². The van der Waals surface area contributed by atoms with Crippen molar-refractivity contribution in [2.24, 2.45) is 5.73 Å². The molecule has 116 valence electrons. The molecular weight excluding hydrogens is 298 g/mol. The van der Waals surface area contributed by atoms with Crippen LogP contribution in [0.5, 0.6) is 0 Å². The number of amides is 1. The van der Waals surface area contributed by atoms with Gasteiger partial charge in [-0.15, -0.1) is 0 Å². The zero-order valence-corrected chi connectivity index (χ0v) is 12.3. The number of rotatable bonds is 7. The summed E-state index contributed by atoms with van der Waals surface area (Å²) in [5.74, 6) is -2.61. The van der Waals surface area contributed by atoms with Gasteiger partial charge in [-0.1, -0.05) is 12.1 Å². The van der Waals surface area contributed by atoms with Gasteiger partial charge in [0.05, 0.1) is 13.7 Å². The number of hydrogen-bond acceptors (Lipinski definition) is 6. The van der Waals surface area contributed by atoms with Crippen LogP contribution in [-0.2, 0) is 30.9 Å². The summed E-state index contributed by atoms with van der Waals surface area (Å²) < 4.78 is 29.4. The fraction of sp³-hybridized carbons (Fsp3) is 0.333. The minimum atomic E-state index is -4.02. The average molecular weight is 315 g/mol. The molecule has 8 nitrogen and oxygen atoms in total. The van der Waals surface area contributed by atoms with Crippen LogP contribution < -0.4 is 11.5 Å². The van der Waals surface area contributed by atoms with Crippen LogP contribution in [0.4, 0.5) is 5.69 Å². The van der Waals surface area contributed by atoms with Crippen LogP contribution in [0.25, 0.3) is 0 Å². The van der Waals surface area contributed by atoms with E-state index in [1.807, 2.05) is 0 Å². The van der Waals surface area contributed by atoms with Gasteiger partial charge in [0.15, 0.2) is 5.75 Å². The standard InChI is InChI=1S/C12H17N3O5S/c1-20-12(17)8-21(18,19)15(7-11(14)16)6-9-3-2-4-10(13)5-9/h2-5H,6-8,13H2,1H3,(H2,14,16). The van der Waals surface area contributed by atoms with Gasteiger partial charge in [-0.2, -0.15) is 4.31 Å². The van der Waals surface area contributed by atoms with Crippen molar-refractivity contribution in [1.82, 2.24) is 4.31 Å². The number of esters is 1. The molecule has 0 aliphatic rings. The second kappa shape index (κ2) is 7.04. The number of ether oxygens (including phenoxy) is 1. The largest absolute Gasteiger partial charge is 0.468 e. The SMILES string of the molecule is COC(=O)CS(=O)(=O)N(CC(N)=O)Cc1cccc(N)c1. The molecule has 0 radical (unpaired) electrons. The number of primary amides is 1. The lowest BCUT2D eigenvalue weighted by molar-refractivity contribution is -0.137. The molecule has 1 aromatic carbocycles. The van der Waals surface area contributed by atoms with Gasteiger partial charge >= 0.3 is 5.97 Å². The lowest BCUT2D eigenvalue weighted by Gasteiger charge is -2.20. The Balaban J connectivity index is 3.00. The summed E-state index contributed by atoms with van der Waals surface area (Å²) in [6.07, 6.45) is 0. The minimum absolute atomic E-state index is 0.118. The number of carbonyl (C=O) groups is 2. The van der Waals surface area contributed by atoms with Crippen molar-refractivity contribution in [3.8, 4) is 0 Å². The highest BCUT2D eigenvalue weighted by molar-refractivity contribution is 7.89. The van der Waals surface area contributed by atoms with E-state index in [-0.39, 0.29) is 6.54 Å². The molecule has 0 bridgehead atoms. The monoisotopic (exact) mass is 315 g/mol. The Kier molecular flexibility index (Phi) is 5.68. The smallest absolute Gasteiger partial charge is 0.322 e. The average Bonchev–Trinajstić information content (AvgIpc) is 2.37. The fourth-order valence-electron chi connectivity index (χ4n) is 1.62. The molecular formula is C12H17N3O5S. The molecule has 0 aliphatic carbocycles. The maximum Gasteiger partial charge on any atom is 0.322 e. The summed E-state index contributed by atoms with van der Waals surface area (Å²) in [7, 11) is -2.95. The molecule has 0 saturated carbocycles. The third kappa shape index (κ3) is 5.40. The molecule has 0 aliphatic heterocycles. The quantitative estimate of drug-likeness (QED) is 0.493. The summed E-state index contributed by atoms with van der Waals surface area (Å²) >= 11 is 0. The number of hydrogen-bond donors (Lipinski definition) is 2. The Morgan fingerprint density at radius 3 is 2.52 bits per heavy atom. The molecule has 0 unspecified atom stereocenters. The number of methoxy groups -OCH3 is 1. The van der Waals surface area contributed by atoms with E-state index in [1.54, 1.807) is 24.3 Å². The van der Waals surface area contributed by atoms with Crippen LogP contribution >= 0.6 is 0 Å². The highest BCUT2D eigenvalue weighted by Crippen LogP contribution is 2.13. The number of nitrogen functional groups attached to an aromatic ring is 1. The minimum Gasteiger partial charge on any atom is -0.468 e. The van der Waals surface area contributed by atoms with Gasteiger partial charge in [0.1, 0.15) is 0 Å². The number of sulfonamides is 1. The Bertz CT molecular complexity index is 630. The molecule has 21 heavy (non-hydrogen) atoms. The summed E-state index contributed by atoms with van der Waals surface area (Å²) in [5.41, 5.74) is 11.7. The topological polar surface area (TPSA) is 133 Å². The summed E-state index contributed by atoms with van der Waals surface area (Å²) in [5, 5.41) is 0. The van der Waals surface area contributed by atoms with Crippen molar-refractivity contribution in [1.29, 1.82) is 0 Å². The van der Waals surface area contributed by atoms with Crippen molar-refractivity contribution < 1.29 is 22.7 Å². The molecule has 4 N–H and O–H groups in total. The first kappa shape index (κ1) is 16.9. The fourth-order valence-corrected chi connectivity index (χ4v) is 2.89. The van der Waals surface area contributed by atoms with Gasteiger partial charge in [0, 0.05) is 12.2 Å². The van der Waals surface area contributed by atoms with Gasteiger partial charge in [-0.25, -0.2) is 8.42 Å². The number of carbonyl (C=O) groups excluding carboxylic acids is 2. The van der Waals surface area contributed by atoms with Crippen LogP contribution in [-0.4, -0.2) is 44.0 Å². The van der Waals surface area contributed by atoms with Crippen molar-refractivity contribution in [3.63, 3.8) is 0 Å². The predicted octanol–water partition coefficient (Wildman–Crippen LogP) is -0.941. The van der Waals surface area contributed by atoms with E-state index in [0.29, 0.717) is 11.3 Å². The Morgan fingerprint density at radius 1 is 1.33 bits per heavy atom. The first-order chi connectivity index (χ1) is 9.74. The first-order valence-corrected chi connectivity index (χ1v) is 7.53. The second-order valence-electron chi connectivity index (χ2n) is 4.31. The number of nitrogens with zero attached hydrogens (tertiary/aromatic N) is 1. The molecule has 0 spiro atoms. The van der Waals surface area contributed by atoms with E-state index in [4.69, 9.17) is 11.5 Å². The third-order valence-electron chi connectivity index (χ3n) is 2.56. The van der Waals surface area contributed by atoms with Gasteiger partial charge < -0.3 is 16.2 Å². The molecule has 0 heterocycles. The lowest BCUT2D eigenvalue weighted by atomic mass is 10.2. The normalized spacial score (nSPS) is 11.3. The highest BCUT2D eigenvalue weighted by atomic mass is 32.2. The molecule has 1 amide bonds. The summed E-state index contributed by atoms with van der Waals surface area (Å²) in [6.45, 7) is -0.651. The zero-order chi connectivity index (χ0) is 16.0. The second-order valence-corrected chi connectivity index (χ2v) is 6.28. The maximum atomic E-state index is 12.1. The molecule has 9 heteroatoms. The molecule has 1 aromatic rings. The maximum absolute atomic E-state index is 12.1. The van der Waals surface area contributed by atoms with Gasteiger partial charge in [0.2, 0.25) is 15.9 Å². The summed E-state index contributed by atoms with van der Waals surface area (Å²) in [4.78, 5) is 22.2. The van der Waals surface area contributed by atoms with Gasteiger partial charge in [-0.05, 0) is 17.7 Å². The van der Waals surface area contributed by atoms with Crippen molar-refractivity contribution >= 4 is 27.6 Å². The first-order valence-electron chi connectivity index (χ1n) is 5.92. The van der Waals surface area contributed by atoms with Gasteiger partial charge in [-0.3, -0.25) is 9.59 Å². The van der Waals surface area contributed by atoms with Crippen LogP contribution in [0.1, 0.15) is 5.56 Å². The van der Waals surface area contributed by atoms with E-state index < -0.39 is 34.2 Å². The van der Waals surface area contributed by atoms with Crippen molar-refractivity contribution in [2.45, 2.75) is 6.54 Å². The van der Waals surface area contributed by atoms with Crippen LogP contribution in [0.3, 0.4) is 0 Å². The van der Waals surface area contributed by atoms with E-state index in [9.17, 15) is 18.0 Å². The number of benzene rings is 1. The number of nitrogens with two attached hydrogens (primary N) is 2. The Hall–Kier alpha value is -2.13.